The molecule has 0 aliphatic heterocycles. The molecule has 0 aliphatic rings. The smallest absolute Gasteiger partial charge is 0.349 e. The fraction of sp³-hybridized carbons (Fsp3) is 0. The fourth-order valence-electron chi connectivity index (χ4n) is 2.06. The van der Waals surface area contributed by atoms with E-state index in [0.29, 0.717) is 8.95 Å². The number of carbonyl (C=O) groups excluding carboxylic acids is 1. The van der Waals surface area contributed by atoms with Crippen LogP contribution in [0.25, 0.3) is 11.0 Å². The van der Waals surface area contributed by atoms with E-state index < -0.39 is 16.5 Å². The van der Waals surface area contributed by atoms with Gasteiger partial charge >= 0.3 is 5.63 Å². The van der Waals surface area contributed by atoms with Crippen molar-refractivity contribution < 1.29 is 14.1 Å². The van der Waals surface area contributed by atoms with E-state index >= 15 is 0 Å². The number of nitrogens with one attached hydrogen (secondary N) is 1. The topological polar surface area (TPSA) is 115 Å². The van der Waals surface area contributed by atoms with Crippen LogP contribution in [0, 0.1) is 10.1 Å². The zero-order valence-electron chi connectivity index (χ0n) is 12.2. The SMILES string of the molecule is O=C(Nc1ncc(Br)cc1Br)c1cc2cc([N+](=O)[O-])ccc2oc1=O. The van der Waals surface area contributed by atoms with E-state index in [1.165, 1.54) is 30.5 Å². The predicted octanol–water partition coefficient (Wildman–Crippen LogP) is 3.87. The molecular weight excluding hydrogens is 462 g/mol. The molecule has 2 aromatic heterocycles. The van der Waals surface area contributed by atoms with Crippen LogP contribution in [-0.2, 0) is 0 Å². The first-order chi connectivity index (χ1) is 11.8. The van der Waals surface area contributed by atoms with Gasteiger partial charge < -0.3 is 9.73 Å². The average molecular weight is 469 g/mol. The Morgan fingerprint density at radius 1 is 1.24 bits per heavy atom. The monoisotopic (exact) mass is 467 g/mol. The molecular formula is C15H7Br2N3O5. The van der Waals surface area contributed by atoms with E-state index in [0.717, 1.165) is 0 Å². The van der Waals surface area contributed by atoms with Crippen LogP contribution in [0.2, 0.25) is 0 Å². The normalized spacial score (nSPS) is 10.6. The van der Waals surface area contributed by atoms with Gasteiger partial charge in [0, 0.05) is 28.2 Å². The summed E-state index contributed by atoms with van der Waals surface area (Å²) in [5.41, 5.74) is -1.17. The Morgan fingerprint density at radius 2 is 2.00 bits per heavy atom. The minimum Gasteiger partial charge on any atom is -0.422 e. The molecule has 1 N–H and O–H groups in total. The molecule has 1 amide bonds. The second-order valence-electron chi connectivity index (χ2n) is 4.86. The quantitative estimate of drug-likeness (QED) is 0.354. The molecule has 0 saturated heterocycles. The van der Waals surface area contributed by atoms with Crippen molar-refractivity contribution in [3.8, 4) is 0 Å². The van der Waals surface area contributed by atoms with E-state index in [9.17, 15) is 19.7 Å². The Labute approximate surface area is 156 Å². The Bertz CT molecular complexity index is 1080. The maximum atomic E-state index is 12.4. The average Bonchev–Trinajstić information content (AvgIpc) is 2.56. The number of aromatic nitrogens is 1. The van der Waals surface area contributed by atoms with Gasteiger partial charge in [-0.15, -0.1) is 0 Å². The number of nitrogens with zero attached hydrogens (tertiary/aromatic N) is 2. The summed E-state index contributed by atoms with van der Waals surface area (Å²) in [7, 11) is 0. The summed E-state index contributed by atoms with van der Waals surface area (Å²) in [5.74, 6) is -0.524. The van der Waals surface area contributed by atoms with Crippen LogP contribution < -0.4 is 10.9 Å². The number of halogens is 2. The van der Waals surface area contributed by atoms with Crippen LogP contribution in [0.3, 0.4) is 0 Å². The third-order valence-electron chi connectivity index (χ3n) is 3.21. The summed E-state index contributed by atoms with van der Waals surface area (Å²) in [5, 5.41) is 13.6. The number of fused-ring (bicyclic) bond motifs is 1. The van der Waals surface area contributed by atoms with Crippen molar-refractivity contribution in [3.63, 3.8) is 0 Å². The van der Waals surface area contributed by atoms with Crippen molar-refractivity contribution in [2.45, 2.75) is 0 Å². The first-order valence-corrected chi connectivity index (χ1v) is 8.28. The van der Waals surface area contributed by atoms with Crippen LogP contribution in [0.5, 0.6) is 0 Å². The van der Waals surface area contributed by atoms with Gasteiger partial charge in [-0.05, 0) is 50.1 Å². The first kappa shape index (κ1) is 17.2. The molecule has 126 valence electrons. The lowest BCUT2D eigenvalue weighted by molar-refractivity contribution is -0.384. The fourth-order valence-corrected chi connectivity index (χ4v) is 3.15. The standard InChI is InChI=1S/C15H7Br2N3O5/c16-8-5-11(17)13(18-6-8)19-14(21)10-4-7-3-9(20(23)24)1-2-12(7)25-15(10)22/h1-6H,(H,18,19,21). The molecule has 0 atom stereocenters. The van der Waals surface area contributed by atoms with Gasteiger partial charge in [-0.2, -0.15) is 0 Å². The summed E-state index contributed by atoms with van der Waals surface area (Å²) < 4.78 is 6.27. The van der Waals surface area contributed by atoms with E-state index in [-0.39, 0.29) is 28.0 Å². The summed E-state index contributed by atoms with van der Waals surface area (Å²) in [6.45, 7) is 0. The largest absolute Gasteiger partial charge is 0.422 e. The van der Waals surface area contributed by atoms with Gasteiger partial charge in [0.15, 0.2) is 0 Å². The highest BCUT2D eigenvalue weighted by molar-refractivity contribution is 9.11. The molecule has 0 saturated carbocycles. The molecule has 0 bridgehead atoms. The molecule has 0 fully saturated rings. The number of non-ortho nitro benzene ring substituents is 1. The molecule has 10 heteroatoms. The number of pyridine rings is 1. The third-order valence-corrected chi connectivity index (χ3v) is 4.25. The van der Waals surface area contributed by atoms with Gasteiger partial charge in [-0.25, -0.2) is 9.78 Å². The van der Waals surface area contributed by atoms with Gasteiger partial charge in [-0.3, -0.25) is 14.9 Å². The number of hydrogen-bond acceptors (Lipinski definition) is 6. The number of anilines is 1. The van der Waals surface area contributed by atoms with Crippen molar-refractivity contribution in [2.75, 3.05) is 5.32 Å². The third kappa shape index (κ3) is 3.59. The second-order valence-corrected chi connectivity index (χ2v) is 6.63. The zero-order valence-corrected chi connectivity index (χ0v) is 15.3. The van der Waals surface area contributed by atoms with Crippen molar-refractivity contribution in [2.24, 2.45) is 0 Å². The highest BCUT2D eigenvalue weighted by Gasteiger charge is 2.17. The number of benzene rings is 1. The zero-order chi connectivity index (χ0) is 18.1. The summed E-state index contributed by atoms with van der Waals surface area (Å²) in [4.78, 5) is 38.7. The Hall–Kier alpha value is -2.59. The van der Waals surface area contributed by atoms with Gasteiger partial charge in [-0.1, -0.05) is 0 Å². The van der Waals surface area contributed by atoms with Crippen molar-refractivity contribution in [1.82, 2.24) is 4.98 Å². The molecule has 0 unspecified atom stereocenters. The molecule has 0 spiro atoms. The highest BCUT2D eigenvalue weighted by Crippen LogP contribution is 2.24. The van der Waals surface area contributed by atoms with Gasteiger partial charge in [0.05, 0.1) is 9.40 Å². The lowest BCUT2D eigenvalue weighted by atomic mass is 10.1. The molecule has 0 aliphatic carbocycles. The van der Waals surface area contributed by atoms with Crippen LogP contribution in [-0.4, -0.2) is 15.8 Å². The summed E-state index contributed by atoms with van der Waals surface area (Å²) >= 11 is 6.49. The van der Waals surface area contributed by atoms with Crippen LogP contribution in [0.1, 0.15) is 10.4 Å². The van der Waals surface area contributed by atoms with Gasteiger partial charge in [0.25, 0.3) is 11.6 Å². The Balaban J connectivity index is 2.01. The molecule has 25 heavy (non-hydrogen) atoms. The number of nitro groups is 1. The molecule has 3 rings (SSSR count). The maximum absolute atomic E-state index is 12.4. The maximum Gasteiger partial charge on any atom is 0.349 e. The van der Waals surface area contributed by atoms with E-state index in [1.807, 2.05) is 0 Å². The molecule has 3 aromatic rings. The van der Waals surface area contributed by atoms with Crippen molar-refractivity contribution in [3.05, 3.63) is 71.6 Å². The summed E-state index contributed by atoms with van der Waals surface area (Å²) in [6, 6.07) is 6.67. The van der Waals surface area contributed by atoms with E-state index in [2.05, 4.69) is 42.2 Å². The van der Waals surface area contributed by atoms with Crippen LogP contribution in [0.15, 0.2) is 54.7 Å². The predicted molar refractivity (Wildman–Crippen MR) is 96.7 cm³/mol. The second kappa shape index (κ2) is 6.73. The molecule has 1 aromatic carbocycles. The van der Waals surface area contributed by atoms with Crippen LogP contribution in [0.4, 0.5) is 11.5 Å². The minimum absolute atomic E-state index is 0.148. The number of amides is 1. The number of nitro benzene ring substituents is 1. The van der Waals surface area contributed by atoms with E-state index in [1.54, 1.807) is 6.07 Å². The lowest BCUT2D eigenvalue weighted by Gasteiger charge is -2.06. The molecule has 0 radical (unpaired) electrons. The number of hydrogen-bond donors (Lipinski definition) is 1. The number of carbonyl (C=O) groups is 1. The van der Waals surface area contributed by atoms with Crippen molar-refractivity contribution in [1.29, 1.82) is 0 Å². The highest BCUT2D eigenvalue weighted by atomic mass is 79.9. The van der Waals surface area contributed by atoms with Gasteiger partial charge in [0.2, 0.25) is 0 Å². The minimum atomic E-state index is -0.855. The van der Waals surface area contributed by atoms with Crippen LogP contribution >= 0.6 is 31.9 Å². The van der Waals surface area contributed by atoms with E-state index in [4.69, 9.17) is 4.42 Å². The van der Waals surface area contributed by atoms with Gasteiger partial charge in [0.1, 0.15) is 17.0 Å². The summed E-state index contributed by atoms with van der Waals surface area (Å²) in [6.07, 6.45) is 1.48. The number of rotatable bonds is 3. The molecule has 2 heterocycles. The lowest BCUT2D eigenvalue weighted by Crippen LogP contribution is -2.21. The Kier molecular flexibility index (Phi) is 4.64. The molecule has 8 nitrogen and oxygen atoms in total. The van der Waals surface area contributed by atoms with Crippen molar-refractivity contribution >= 4 is 60.2 Å². The Morgan fingerprint density at radius 3 is 2.68 bits per heavy atom. The first-order valence-electron chi connectivity index (χ1n) is 6.70.